The van der Waals surface area contributed by atoms with Crippen molar-refractivity contribution in [2.75, 3.05) is 21.7 Å². The van der Waals surface area contributed by atoms with Crippen molar-refractivity contribution in [1.29, 1.82) is 0 Å². The molecule has 32 heavy (non-hydrogen) atoms. The molecular formula is C21H18F2N4O3S2. The van der Waals surface area contributed by atoms with Crippen LogP contribution < -0.4 is 16.0 Å². The highest BCUT2D eigenvalue weighted by Crippen LogP contribution is 2.21. The number of rotatable bonds is 8. The van der Waals surface area contributed by atoms with Crippen LogP contribution in [0.1, 0.15) is 23.0 Å². The van der Waals surface area contributed by atoms with Gasteiger partial charge in [-0.3, -0.25) is 19.7 Å². The molecule has 3 N–H and O–H groups in total. The maximum absolute atomic E-state index is 13.7. The molecule has 0 aliphatic heterocycles. The second-order valence-corrected chi connectivity index (χ2v) is 8.37. The van der Waals surface area contributed by atoms with Crippen LogP contribution in [-0.4, -0.2) is 28.5 Å². The molecule has 0 bridgehead atoms. The molecule has 11 heteroatoms. The van der Waals surface area contributed by atoms with Crippen molar-refractivity contribution in [3.05, 3.63) is 70.7 Å². The monoisotopic (exact) mass is 476 g/mol. The largest absolute Gasteiger partial charge is 0.326 e. The van der Waals surface area contributed by atoms with E-state index in [-0.39, 0.29) is 28.3 Å². The van der Waals surface area contributed by atoms with Gasteiger partial charge in [0, 0.05) is 35.5 Å². The highest BCUT2D eigenvalue weighted by molar-refractivity contribution is 7.99. The number of carbonyl (C=O) groups is 3. The molecule has 0 fully saturated rings. The quantitative estimate of drug-likeness (QED) is 0.444. The average molecular weight is 477 g/mol. The molecule has 0 saturated heterocycles. The number of aromatic nitrogens is 1. The molecule has 7 nitrogen and oxygen atoms in total. The number of hydrogen-bond acceptors (Lipinski definition) is 6. The van der Waals surface area contributed by atoms with Gasteiger partial charge in [-0.1, -0.05) is 0 Å². The van der Waals surface area contributed by atoms with E-state index in [4.69, 9.17) is 0 Å². The fourth-order valence-corrected chi connectivity index (χ4v) is 4.08. The minimum atomic E-state index is -0.953. The van der Waals surface area contributed by atoms with Gasteiger partial charge in [-0.2, -0.15) is 0 Å². The molecule has 1 aromatic heterocycles. The predicted octanol–water partition coefficient (Wildman–Crippen LogP) is 4.50. The summed E-state index contributed by atoms with van der Waals surface area (Å²) in [6.45, 7) is 1.41. The van der Waals surface area contributed by atoms with Crippen molar-refractivity contribution in [1.82, 2.24) is 4.98 Å². The summed E-state index contributed by atoms with van der Waals surface area (Å²) >= 11 is 2.50. The topological polar surface area (TPSA) is 100 Å². The Morgan fingerprint density at radius 2 is 1.69 bits per heavy atom. The Balaban J connectivity index is 1.44. The number of carbonyl (C=O) groups excluding carboxylic acids is 3. The van der Waals surface area contributed by atoms with E-state index in [9.17, 15) is 23.2 Å². The number of anilines is 3. The van der Waals surface area contributed by atoms with E-state index in [2.05, 4.69) is 20.9 Å². The van der Waals surface area contributed by atoms with E-state index < -0.39 is 17.5 Å². The van der Waals surface area contributed by atoms with E-state index in [1.807, 2.05) is 0 Å². The molecule has 2 aromatic carbocycles. The number of halogens is 2. The van der Waals surface area contributed by atoms with Crippen LogP contribution in [-0.2, 0) is 15.3 Å². The van der Waals surface area contributed by atoms with Gasteiger partial charge < -0.3 is 10.6 Å². The van der Waals surface area contributed by atoms with Crippen molar-refractivity contribution in [2.24, 2.45) is 0 Å². The molecule has 3 rings (SSSR count). The summed E-state index contributed by atoms with van der Waals surface area (Å²) in [5.74, 6) is -2.19. The van der Waals surface area contributed by atoms with Crippen molar-refractivity contribution in [3.8, 4) is 0 Å². The zero-order valence-electron chi connectivity index (χ0n) is 16.8. The van der Waals surface area contributed by atoms with E-state index >= 15 is 0 Å². The van der Waals surface area contributed by atoms with Gasteiger partial charge in [-0.05, 0) is 36.4 Å². The standard InChI is InChI=1S/C21H18F2N4O3S2/c1-12(28)24-14-3-5-15(6-4-14)25-19(29)11-31-9-16-10-32-21(26-16)27-20(30)17-7-2-13(22)8-18(17)23/h2-8,10H,9,11H2,1H3,(H,24,28)(H,25,29)(H,26,27,30). The number of thioether (sulfide) groups is 1. The maximum atomic E-state index is 13.7. The Kier molecular flexibility index (Phi) is 7.90. The summed E-state index contributed by atoms with van der Waals surface area (Å²) < 4.78 is 26.7. The molecule has 0 aliphatic rings. The zero-order chi connectivity index (χ0) is 23.1. The van der Waals surface area contributed by atoms with Crippen molar-refractivity contribution < 1.29 is 23.2 Å². The van der Waals surface area contributed by atoms with Crippen molar-refractivity contribution >= 4 is 57.3 Å². The highest BCUT2D eigenvalue weighted by atomic mass is 32.2. The normalized spacial score (nSPS) is 10.5. The van der Waals surface area contributed by atoms with E-state index in [0.29, 0.717) is 28.9 Å². The first-order valence-electron chi connectivity index (χ1n) is 9.26. The maximum Gasteiger partial charge on any atom is 0.260 e. The van der Waals surface area contributed by atoms with E-state index in [0.717, 1.165) is 12.1 Å². The van der Waals surface area contributed by atoms with Gasteiger partial charge >= 0.3 is 0 Å². The Morgan fingerprint density at radius 3 is 2.34 bits per heavy atom. The Labute approximate surface area is 190 Å². The van der Waals surface area contributed by atoms with Crippen LogP contribution in [0, 0.1) is 11.6 Å². The van der Waals surface area contributed by atoms with Crippen molar-refractivity contribution in [3.63, 3.8) is 0 Å². The van der Waals surface area contributed by atoms with Crippen molar-refractivity contribution in [2.45, 2.75) is 12.7 Å². The third-order valence-electron chi connectivity index (χ3n) is 3.92. The fraction of sp³-hybridized carbons (Fsp3) is 0.143. The number of nitrogens with zero attached hydrogens (tertiary/aromatic N) is 1. The lowest BCUT2D eigenvalue weighted by Crippen LogP contribution is -2.14. The summed E-state index contributed by atoms with van der Waals surface area (Å²) in [5, 5.41) is 9.88. The molecule has 3 aromatic rings. The number of benzene rings is 2. The predicted molar refractivity (Wildman–Crippen MR) is 122 cm³/mol. The van der Waals surface area contributed by atoms with Crippen LogP contribution in [0.4, 0.5) is 25.3 Å². The van der Waals surface area contributed by atoms with Gasteiger partial charge in [-0.15, -0.1) is 23.1 Å². The van der Waals surface area contributed by atoms with Gasteiger partial charge in [-0.25, -0.2) is 13.8 Å². The Bertz CT molecular complexity index is 1140. The van der Waals surface area contributed by atoms with Crippen LogP contribution in [0.5, 0.6) is 0 Å². The first-order chi connectivity index (χ1) is 15.3. The second-order valence-electron chi connectivity index (χ2n) is 6.52. The van der Waals surface area contributed by atoms with E-state index in [1.54, 1.807) is 29.6 Å². The lowest BCUT2D eigenvalue weighted by Gasteiger charge is -2.06. The molecule has 3 amide bonds. The second kappa shape index (κ2) is 10.8. The molecule has 166 valence electrons. The van der Waals surface area contributed by atoms with Gasteiger partial charge in [0.15, 0.2) is 5.13 Å². The average Bonchev–Trinajstić information content (AvgIpc) is 3.16. The van der Waals surface area contributed by atoms with Gasteiger partial charge in [0.2, 0.25) is 11.8 Å². The Morgan fingerprint density at radius 1 is 1.00 bits per heavy atom. The molecular weight excluding hydrogens is 458 g/mol. The summed E-state index contributed by atoms with van der Waals surface area (Å²) in [4.78, 5) is 39.5. The van der Waals surface area contributed by atoms with E-state index in [1.165, 1.54) is 30.0 Å². The minimum absolute atomic E-state index is 0.175. The lowest BCUT2D eigenvalue weighted by atomic mass is 10.2. The molecule has 0 unspecified atom stereocenters. The van der Waals surface area contributed by atoms with Gasteiger partial charge in [0.1, 0.15) is 11.6 Å². The van der Waals surface area contributed by atoms with Crippen LogP contribution in [0.15, 0.2) is 47.8 Å². The molecule has 0 atom stereocenters. The first kappa shape index (κ1) is 23.4. The third kappa shape index (κ3) is 6.86. The summed E-state index contributed by atoms with van der Waals surface area (Å²) in [5.41, 5.74) is 1.62. The molecule has 1 heterocycles. The number of nitrogens with one attached hydrogen (secondary N) is 3. The smallest absolute Gasteiger partial charge is 0.260 e. The van der Waals surface area contributed by atoms with Gasteiger partial charge in [0.25, 0.3) is 5.91 Å². The number of thiazole rings is 1. The fourth-order valence-electron chi connectivity index (χ4n) is 2.55. The first-order valence-corrected chi connectivity index (χ1v) is 11.3. The SMILES string of the molecule is CC(=O)Nc1ccc(NC(=O)CSCc2csc(NC(=O)c3ccc(F)cc3F)n2)cc1. The lowest BCUT2D eigenvalue weighted by molar-refractivity contribution is -0.114. The minimum Gasteiger partial charge on any atom is -0.326 e. The molecule has 0 radical (unpaired) electrons. The van der Waals surface area contributed by atoms with Crippen LogP contribution >= 0.6 is 23.1 Å². The summed E-state index contributed by atoms with van der Waals surface area (Å²) in [7, 11) is 0. The summed E-state index contributed by atoms with van der Waals surface area (Å²) in [6, 6.07) is 9.46. The number of hydrogen-bond donors (Lipinski definition) is 3. The number of amides is 3. The van der Waals surface area contributed by atoms with Crippen LogP contribution in [0.2, 0.25) is 0 Å². The zero-order valence-corrected chi connectivity index (χ0v) is 18.4. The third-order valence-corrected chi connectivity index (χ3v) is 5.69. The molecule has 0 aliphatic carbocycles. The van der Waals surface area contributed by atoms with Crippen LogP contribution in [0.3, 0.4) is 0 Å². The molecule has 0 spiro atoms. The van der Waals surface area contributed by atoms with Gasteiger partial charge in [0.05, 0.1) is 17.0 Å². The van der Waals surface area contributed by atoms with Crippen LogP contribution in [0.25, 0.3) is 0 Å². The Hall–Kier alpha value is -3.31. The molecule has 0 saturated carbocycles. The highest BCUT2D eigenvalue weighted by Gasteiger charge is 2.14. The summed E-state index contributed by atoms with van der Waals surface area (Å²) in [6.07, 6.45) is 0.